The van der Waals surface area contributed by atoms with Crippen LogP contribution in [-0.2, 0) is 0 Å². The number of hydrogen-bond acceptors (Lipinski definition) is 2. The lowest BCUT2D eigenvalue weighted by Gasteiger charge is -2.17. The van der Waals surface area contributed by atoms with Gasteiger partial charge in [-0.1, -0.05) is 36.4 Å². The Kier molecular flexibility index (Phi) is 3.67. The highest BCUT2D eigenvalue weighted by Crippen LogP contribution is 2.25. The van der Waals surface area contributed by atoms with E-state index < -0.39 is 0 Å². The first-order valence-electron chi connectivity index (χ1n) is 7.14. The molecule has 1 heterocycles. The van der Waals surface area contributed by atoms with E-state index in [0.29, 0.717) is 29.9 Å². The van der Waals surface area contributed by atoms with Gasteiger partial charge in [-0.15, -0.1) is 0 Å². The number of nitrogens with two attached hydrogens (primary N) is 1. The third-order valence-electron chi connectivity index (χ3n) is 3.93. The lowest BCUT2D eigenvalue weighted by molar-refractivity contribution is 0.0798. The summed E-state index contributed by atoms with van der Waals surface area (Å²) in [7, 11) is 0. The maximum Gasteiger partial charge on any atom is 0.254 e. The van der Waals surface area contributed by atoms with Crippen molar-refractivity contribution in [2.75, 3.05) is 13.1 Å². The molecular weight excluding hydrogens is 279 g/mol. The molecule has 3 rings (SSSR count). The molecular formula is C18H17FN2O. The van der Waals surface area contributed by atoms with Gasteiger partial charge in [-0.25, -0.2) is 4.39 Å². The Labute approximate surface area is 128 Å². The summed E-state index contributed by atoms with van der Waals surface area (Å²) in [4.78, 5) is 14.2. The van der Waals surface area contributed by atoms with E-state index in [-0.39, 0.29) is 11.7 Å². The minimum absolute atomic E-state index is 0.201. The van der Waals surface area contributed by atoms with Gasteiger partial charge < -0.3 is 10.6 Å². The van der Waals surface area contributed by atoms with Crippen LogP contribution in [0.15, 0.2) is 54.2 Å². The second-order valence-electron chi connectivity index (χ2n) is 5.49. The average Bonchev–Trinajstić information content (AvgIpc) is 2.92. The fourth-order valence-corrected chi connectivity index (χ4v) is 2.62. The minimum Gasteiger partial charge on any atom is -0.400 e. The third-order valence-corrected chi connectivity index (χ3v) is 3.93. The molecule has 0 saturated carbocycles. The van der Waals surface area contributed by atoms with Crippen LogP contribution in [0.25, 0.3) is 5.57 Å². The van der Waals surface area contributed by atoms with E-state index in [2.05, 4.69) is 0 Å². The fourth-order valence-electron chi connectivity index (χ4n) is 2.62. The van der Waals surface area contributed by atoms with E-state index in [9.17, 15) is 9.18 Å². The number of nitrogens with zero attached hydrogens (tertiary/aromatic N) is 1. The molecule has 22 heavy (non-hydrogen) atoms. The topological polar surface area (TPSA) is 46.3 Å². The van der Waals surface area contributed by atoms with Crippen molar-refractivity contribution in [1.29, 1.82) is 0 Å². The summed E-state index contributed by atoms with van der Waals surface area (Å²) < 4.78 is 13.6. The van der Waals surface area contributed by atoms with Crippen LogP contribution < -0.4 is 5.73 Å². The van der Waals surface area contributed by atoms with E-state index in [1.165, 1.54) is 6.07 Å². The van der Waals surface area contributed by atoms with Crippen molar-refractivity contribution in [1.82, 2.24) is 4.90 Å². The zero-order valence-electron chi connectivity index (χ0n) is 12.3. The summed E-state index contributed by atoms with van der Waals surface area (Å²) in [5.74, 6) is -0.568. The quantitative estimate of drug-likeness (QED) is 0.926. The van der Waals surface area contributed by atoms with Gasteiger partial charge >= 0.3 is 0 Å². The molecule has 3 nitrogen and oxygen atoms in total. The van der Waals surface area contributed by atoms with E-state index in [1.54, 1.807) is 24.0 Å². The molecule has 0 aromatic heterocycles. The van der Waals surface area contributed by atoms with Crippen LogP contribution in [0.2, 0.25) is 0 Å². The van der Waals surface area contributed by atoms with E-state index in [4.69, 9.17) is 5.73 Å². The minimum atomic E-state index is -0.366. The van der Waals surface area contributed by atoms with Crippen LogP contribution in [0, 0.1) is 12.7 Å². The van der Waals surface area contributed by atoms with Crippen LogP contribution in [0.5, 0.6) is 0 Å². The summed E-state index contributed by atoms with van der Waals surface area (Å²) >= 11 is 0. The normalized spacial score (nSPS) is 14.5. The van der Waals surface area contributed by atoms with Gasteiger partial charge in [-0.05, 0) is 35.8 Å². The number of carbonyl (C=O) groups excluding carboxylic acids is 1. The van der Waals surface area contributed by atoms with Crippen molar-refractivity contribution in [2.45, 2.75) is 6.92 Å². The van der Waals surface area contributed by atoms with Crippen molar-refractivity contribution in [3.8, 4) is 0 Å². The smallest absolute Gasteiger partial charge is 0.254 e. The summed E-state index contributed by atoms with van der Waals surface area (Å²) in [6.45, 7) is 2.50. The van der Waals surface area contributed by atoms with Crippen LogP contribution >= 0.6 is 0 Å². The molecule has 0 fully saturated rings. The number of benzene rings is 2. The van der Waals surface area contributed by atoms with Gasteiger partial charge in [0.25, 0.3) is 5.91 Å². The summed E-state index contributed by atoms with van der Waals surface area (Å²) in [6.07, 6.45) is 0. The average molecular weight is 296 g/mol. The Balaban J connectivity index is 1.81. The molecule has 2 aromatic rings. The highest BCUT2D eigenvalue weighted by atomic mass is 19.1. The first-order chi connectivity index (χ1) is 10.6. The van der Waals surface area contributed by atoms with Crippen LogP contribution in [0.1, 0.15) is 21.5 Å². The number of halogens is 1. The SMILES string of the molecule is Cc1ccc(C(=O)N2CC(N)=C(c3ccccc3)C2)cc1F. The molecule has 2 aromatic carbocycles. The van der Waals surface area contributed by atoms with Crippen LogP contribution in [0.4, 0.5) is 4.39 Å². The molecule has 4 heteroatoms. The van der Waals surface area contributed by atoms with Gasteiger partial charge in [0.1, 0.15) is 5.82 Å². The molecule has 0 radical (unpaired) electrons. The molecule has 1 amide bonds. The summed E-state index contributed by atoms with van der Waals surface area (Å²) in [6, 6.07) is 14.3. The van der Waals surface area contributed by atoms with Crippen molar-refractivity contribution < 1.29 is 9.18 Å². The molecule has 2 N–H and O–H groups in total. The first-order valence-corrected chi connectivity index (χ1v) is 7.14. The van der Waals surface area contributed by atoms with Crippen molar-refractivity contribution >= 4 is 11.5 Å². The lowest BCUT2D eigenvalue weighted by atomic mass is 10.1. The number of amides is 1. The van der Waals surface area contributed by atoms with Gasteiger partial charge in [0.2, 0.25) is 0 Å². The Bertz CT molecular complexity index is 753. The second-order valence-corrected chi connectivity index (χ2v) is 5.49. The maximum atomic E-state index is 13.6. The monoisotopic (exact) mass is 296 g/mol. The lowest BCUT2D eigenvalue weighted by Crippen LogP contribution is -2.30. The van der Waals surface area contributed by atoms with Crippen molar-refractivity contribution in [2.24, 2.45) is 5.73 Å². The van der Waals surface area contributed by atoms with E-state index >= 15 is 0 Å². The zero-order chi connectivity index (χ0) is 15.7. The number of aryl methyl sites for hydroxylation is 1. The molecule has 1 aliphatic heterocycles. The number of carbonyl (C=O) groups is 1. The van der Waals surface area contributed by atoms with Gasteiger partial charge in [0.05, 0.1) is 6.54 Å². The standard InChI is InChI=1S/C18H17FN2O/c1-12-7-8-14(9-16(12)19)18(22)21-10-15(17(20)11-21)13-5-3-2-4-6-13/h2-9H,10-11,20H2,1H3. The molecule has 0 atom stereocenters. The van der Waals surface area contributed by atoms with Gasteiger partial charge in [-0.2, -0.15) is 0 Å². The Morgan fingerprint density at radius 2 is 1.86 bits per heavy atom. The Morgan fingerprint density at radius 1 is 1.14 bits per heavy atom. The zero-order valence-corrected chi connectivity index (χ0v) is 12.3. The van der Waals surface area contributed by atoms with Crippen LogP contribution in [0.3, 0.4) is 0 Å². The third kappa shape index (κ3) is 2.60. The molecule has 0 spiro atoms. The Hall–Kier alpha value is -2.62. The van der Waals surface area contributed by atoms with Crippen molar-refractivity contribution in [3.05, 3.63) is 76.7 Å². The predicted molar refractivity (Wildman–Crippen MR) is 84.6 cm³/mol. The van der Waals surface area contributed by atoms with Gasteiger partial charge in [-0.3, -0.25) is 4.79 Å². The summed E-state index contributed by atoms with van der Waals surface area (Å²) in [5, 5.41) is 0. The molecule has 112 valence electrons. The van der Waals surface area contributed by atoms with Crippen molar-refractivity contribution in [3.63, 3.8) is 0 Å². The highest BCUT2D eigenvalue weighted by molar-refractivity contribution is 5.96. The molecule has 0 bridgehead atoms. The van der Waals surface area contributed by atoms with E-state index in [1.807, 2.05) is 30.3 Å². The molecule has 1 aliphatic rings. The maximum absolute atomic E-state index is 13.6. The van der Waals surface area contributed by atoms with Gasteiger partial charge in [0.15, 0.2) is 0 Å². The second kappa shape index (κ2) is 5.64. The van der Waals surface area contributed by atoms with Crippen LogP contribution in [-0.4, -0.2) is 23.9 Å². The number of rotatable bonds is 2. The number of hydrogen-bond donors (Lipinski definition) is 1. The highest BCUT2D eigenvalue weighted by Gasteiger charge is 2.26. The Morgan fingerprint density at radius 3 is 2.55 bits per heavy atom. The first kappa shape index (κ1) is 14.3. The predicted octanol–water partition coefficient (Wildman–Crippen LogP) is 2.96. The molecule has 0 aliphatic carbocycles. The van der Waals surface area contributed by atoms with Gasteiger partial charge in [0, 0.05) is 17.8 Å². The van der Waals surface area contributed by atoms with E-state index in [0.717, 1.165) is 11.1 Å². The molecule has 0 unspecified atom stereocenters. The molecule has 0 saturated heterocycles. The fraction of sp³-hybridized carbons (Fsp3) is 0.167. The largest absolute Gasteiger partial charge is 0.400 e. The summed E-state index contributed by atoms with van der Waals surface area (Å²) in [5.41, 5.74) is 9.63.